The van der Waals surface area contributed by atoms with Crippen LogP contribution in [0.5, 0.6) is 0 Å². The average molecular weight is 299 g/mol. The number of ether oxygens (including phenoxy) is 1. The minimum atomic E-state index is 0.403. The Morgan fingerprint density at radius 3 is 2.73 bits per heavy atom. The molecule has 22 heavy (non-hydrogen) atoms. The summed E-state index contributed by atoms with van der Waals surface area (Å²) in [6.45, 7) is 3.84. The van der Waals surface area contributed by atoms with E-state index >= 15 is 0 Å². The second kappa shape index (κ2) is 5.78. The monoisotopic (exact) mass is 299 g/mol. The third kappa shape index (κ3) is 2.64. The van der Waals surface area contributed by atoms with Gasteiger partial charge in [0.25, 0.3) is 0 Å². The Kier molecular flexibility index (Phi) is 3.63. The highest BCUT2D eigenvalue weighted by atomic mass is 16.5. The van der Waals surface area contributed by atoms with Gasteiger partial charge in [-0.3, -0.25) is 4.90 Å². The van der Waals surface area contributed by atoms with E-state index in [-0.39, 0.29) is 0 Å². The summed E-state index contributed by atoms with van der Waals surface area (Å²) in [5.74, 6) is 0.620. The Morgan fingerprint density at radius 2 is 1.95 bits per heavy atom. The minimum absolute atomic E-state index is 0.403. The molecule has 116 valence electrons. The molecular formula is C16H21N5O. The molecule has 0 bridgehead atoms. The van der Waals surface area contributed by atoms with E-state index < -0.39 is 0 Å². The van der Waals surface area contributed by atoms with Crippen LogP contribution in [0.1, 0.15) is 17.5 Å². The topological polar surface area (TPSA) is 63.2 Å². The van der Waals surface area contributed by atoms with E-state index in [0.29, 0.717) is 12.1 Å². The number of anilines is 1. The largest absolute Gasteiger partial charge is 0.379 e. The number of likely N-dealkylation sites (tertiary alicyclic amines) is 1. The second-order valence-electron chi connectivity index (χ2n) is 6.14. The molecule has 0 radical (unpaired) electrons. The lowest BCUT2D eigenvalue weighted by Crippen LogP contribution is -2.52. The van der Waals surface area contributed by atoms with Gasteiger partial charge in [0.15, 0.2) is 0 Å². The molecule has 6 heteroatoms. The third-order valence-corrected chi connectivity index (χ3v) is 4.64. The Bertz CT molecular complexity index is 684. The van der Waals surface area contributed by atoms with Gasteiger partial charge in [0, 0.05) is 33.3 Å². The molecule has 1 aromatic heterocycles. The molecule has 6 nitrogen and oxygen atoms in total. The number of benzene rings is 1. The molecule has 1 aliphatic carbocycles. The number of methoxy groups -OCH3 is 1. The Balaban J connectivity index is 1.39. The molecule has 0 spiro atoms. The summed E-state index contributed by atoms with van der Waals surface area (Å²) in [6.07, 6.45) is 3.96. The van der Waals surface area contributed by atoms with E-state index in [2.05, 4.69) is 37.5 Å². The Hall–Kier alpha value is -1.79. The van der Waals surface area contributed by atoms with E-state index in [9.17, 15) is 0 Å². The zero-order valence-corrected chi connectivity index (χ0v) is 12.9. The molecule has 0 unspecified atom stereocenters. The summed E-state index contributed by atoms with van der Waals surface area (Å²) < 4.78 is 5.27. The van der Waals surface area contributed by atoms with E-state index in [4.69, 9.17) is 4.74 Å². The molecule has 1 aromatic carbocycles. The van der Waals surface area contributed by atoms with Gasteiger partial charge in [-0.2, -0.15) is 0 Å². The highest BCUT2D eigenvalue weighted by molar-refractivity contribution is 5.77. The molecule has 0 atom stereocenters. The molecule has 2 heterocycles. The van der Waals surface area contributed by atoms with Gasteiger partial charge >= 0.3 is 0 Å². The number of hydrogen-bond acceptors (Lipinski definition) is 6. The van der Waals surface area contributed by atoms with Crippen molar-refractivity contribution < 1.29 is 4.74 Å². The van der Waals surface area contributed by atoms with Crippen LogP contribution in [0.4, 0.5) is 5.95 Å². The first kappa shape index (κ1) is 13.8. The number of aromatic nitrogens is 3. The zero-order valence-electron chi connectivity index (χ0n) is 12.9. The van der Waals surface area contributed by atoms with Crippen LogP contribution in [-0.2, 0) is 17.6 Å². The molecular weight excluding hydrogens is 278 g/mol. The van der Waals surface area contributed by atoms with Crippen molar-refractivity contribution in [3.63, 3.8) is 0 Å². The van der Waals surface area contributed by atoms with Crippen LogP contribution in [-0.4, -0.2) is 59.5 Å². The predicted molar refractivity (Wildman–Crippen MR) is 85.1 cm³/mol. The number of hydrogen-bond donors (Lipinski definition) is 1. The highest BCUT2D eigenvalue weighted by Gasteiger charge is 2.25. The first-order chi connectivity index (χ1) is 10.8. The molecule has 1 fully saturated rings. The normalized spacial score (nSPS) is 18.4. The number of aryl methyl sites for hydroxylation is 2. The van der Waals surface area contributed by atoms with E-state index in [1.165, 1.54) is 17.5 Å². The molecule has 2 aliphatic rings. The molecule has 0 amide bonds. The van der Waals surface area contributed by atoms with Crippen molar-refractivity contribution in [2.24, 2.45) is 0 Å². The number of nitrogens with zero attached hydrogens (tertiary/aromatic N) is 4. The summed E-state index contributed by atoms with van der Waals surface area (Å²) in [7, 11) is 1.77. The second-order valence-corrected chi connectivity index (χ2v) is 6.14. The average Bonchev–Trinajstić information content (AvgIpc) is 2.94. The number of rotatable bonds is 5. The lowest BCUT2D eigenvalue weighted by molar-refractivity contribution is -0.0270. The standard InChI is InChI=1S/C16H21N5O/c1-22-13-9-21(10-13)6-5-17-16-18-14-7-11-3-2-4-12(11)8-15(14)19-20-16/h7-8,13H,2-6,9-10H2,1H3,(H,17,18,20). The van der Waals surface area contributed by atoms with Gasteiger partial charge in [0.1, 0.15) is 5.52 Å². The van der Waals surface area contributed by atoms with Crippen molar-refractivity contribution in [2.45, 2.75) is 25.4 Å². The summed E-state index contributed by atoms with van der Waals surface area (Å²) in [5, 5.41) is 11.8. The molecule has 1 saturated heterocycles. The number of fused-ring (bicyclic) bond motifs is 2. The maximum atomic E-state index is 5.27. The van der Waals surface area contributed by atoms with Gasteiger partial charge in [-0.25, -0.2) is 4.98 Å². The van der Waals surface area contributed by atoms with Crippen molar-refractivity contribution in [2.75, 3.05) is 38.6 Å². The van der Waals surface area contributed by atoms with Crippen LogP contribution in [0.3, 0.4) is 0 Å². The predicted octanol–water partition coefficient (Wildman–Crippen LogP) is 1.26. The van der Waals surface area contributed by atoms with Crippen LogP contribution in [0.25, 0.3) is 11.0 Å². The summed E-state index contributed by atoms with van der Waals surface area (Å²) >= 11 is 0. The molecule has 0 saturated carbocycles. The van der Waals surface area contributed by atoms with Gasteiger partial charge in [0.05, 0.1) is 11.6 Å². The third-order valence-electron chi connectivity index (χ3n) is 4.64. The highest BCUT2D eigenvalue weighted by Crippen LogP contribution is 2.25. The first-order valence-corrected chi connectivity index (χ1v) is 7.97. The minimum Gasteiger partial charge on any atom is -0.379 e. The van der Waals surface area contributed by atoms with E-state index in [0.717, 1.165) is 50.1 Å². The molecule has 1 N–H and O–H groups in total. The maximum Gasteiger partial charge on any atom is 0.243 e. The van der Waals surface area contributed by atoms with Gasteiger partial charge in [-0.15, -0.1) is 10.2 Å². The van der Waals surface area contributed by atoms with Crippen LogP contribution >= 0.6 is 0 Å². The van der Waals surface area contributed by atoms with Crippen molar-refractivity contribution in [3.05, 3.63) is 23.3 Å². The lowest BCUT2D eigenvalue weighted by Gasteiger charge is -2.38. The summed E-state index contributed by atoms with van der Waals surface area (Å²) in [4.78, 5) is 6.95. The fourth-order valence-corrected chi connectivity index (χ4v) is 3.26. The van der Waals surface area contributed by atoms with Crippen LogP contribution in [0.15, 0.2) is 12.1 Å². The summed E-state index contributed by atoms with van der Waals surface area (Å²) in [5.41, 5.74) is 4.68. The van der Waals surface area contributed by atoms with Gasteiger partial charge in [-0.1, -0.05) is 0 Å². The van der Waals surface area contributed by atoms with Crippen LogP contribution in [0.2, 0.25) is 0 Å². The lowest BCUT2D eigenvalue weighted by atomic mass is 10.1. The van der Waals surface area contributed by atoms with Crippen molar-refractivity contribution in [3.8, 4) is 0 Å². The smallest absolute Gasteiger partial charge is 0.243 e. The Labute approximate surface area is 129 Å². The molecule has 2 aromatic rings. The first-order valence-electron chi connectivity index (χ1n) is 7.97. The van der Waals surface area contributed by atoms with E-state index in [1.807, 2.05) is 0 Å². The van der Waals surface area contributed by atoms with Crippen LogP contribution in [0, 0.1) is 0 Å². The van der Waals surface area contributed by atoms with Crippen molar-refractivity contribution in [1.82, 2.24) is 20.1 Å². The zero-order chi connectivity index (χ0) is 14.9. The quantitative estimate of drug-likeness (QED) is 0.896. The van der Waals surface area contributed by atoms with Crippen LogP contribution < -0.4 is 5.32 Å². The van der Waals surface area contributed by atoms with E-state index in [1.54, 1.807) is 7.11 Å². The molecule has 4 rings (SSSR count). The maximum absolute atomic E-state index is 5.27. The SMILES string of the molecule is COC1CN(CCNc2nnc3cc4c(cc3n2)CCC4)C1. The van der Waals surface area contributed by atoms with Crippen molar-refractivity contribution >= 4 is 17.0 Å². The van der Waals surface area contributed by atoms with Gasteiger partial charge in [-0.05, 0) is 42.5 Å². The Morgan fingerprint density at radius 1 is 1.18 bits per heavy atom. The summed E-state index contributed by atoms with van der Waals surface area (Å²) in [6, 6.07) is 4.32. The van der Waals surface area contributed by atoms with Gasteiger partial charge in [0.2, 0.25) is 5.95 Å². The van der Waals surface area contributed by atoms with Crippen molar-refractivity contribution in [1.29, 1.82) is 0 Å². The fraction of sp³-hybridized carbons (Fsp3) is 0.562. The number of nitrogens with one attached hydrogen (secondary N) is 1. The van der Waals surface area contributed by atoms with Gasteiger partial charge < -0.3 is 10.1 Å². The fourth-order valence-electron chi connectivity index (χ4n) is 3.26. The molecule has 1 aliphatic heterocycles.